The second-order valence-corrected chi connectivity index (χ2v) is 8.95. The fourth-order valence-corrected chi connectivity index (χ4v) is 4.91. The minimum absolute atomic E-state index is 0.528. The molecule has 0 bridgehead atoms. The molecule has 5 nitrogen and oxygen atoms in total. The summed E-state index contributed by atoms with van der Waals surface area (Å²) in [5.74, 6) is 2.52. The highest BCUT2D eigenvalue weighted by molar-refractivity contribution is 5.60. The van der Waals surface area contributed by atoms with Gasteiger partial charge in [-0.2, -0.15) is 0 Å². The van der Waals surface area contributed by atoms with Crippen LogP contribution in [0.25, 0.3) is 11.3 Å². The third-order valence-electron chi connectivity index (χ3n) is 6.78. The molecule has 1 N–H and O–H groups in total. The standard InChI is InChI=1S/C24H34N2O3/c1-28-21-10-4-9-20(16-21)23-17-22(29-25-23)18-24(27)11-14-26(15-12-24)13-5-8-19-6-2-3-7-19/h4,9-10,16-17,19,27H,2-3,5-8,11-15,18H2,1H3. The fraction of sp³-hybridized carbons (Fsp3) is 0.625. The van der Waals surface area contributed by atoms with Crippen LogP contribution in [0.1, 0.15) is 57.1 Å². The number of methoxy groups -OCH3 is 1. The molecule has 0 unspecified atom stereocenters. The Morgan fingerprint density at radius 3 is 2.76 bits per heavy atom. The lowest BCUT2D eigenvalue weighted by atomic mass is 9.87. The van der Waals surface area contributed by atoms with Crippen LogP contribution in [0, 0.1) is 5.92 Å². The van der Waals surface area contributed by atoms with Crippen LogP contribution >= 0.6 is 0 Å². The molecule has 2 aliphatic rings. The van der Waals surface area contributed by atoms with Gasteiger partial charge in [0, 0.05) is 31.1 Å². The third-order valence-corrected chi connectivity index (χ3v) is 6.78. The molecular weight excluding hydrogens is 364 g/mol. The minimum atomic E-state index is -0.687. The summed E-state index contributed by atoms with van der Waals surface area (Å²) in [6.45, 7) is 3.12. The molecule has 1 saturated carbocycles. The maximum absolute atomic E-state index is 11.1. The van der Waals surface area contributed by atoms with Crippen molar-refractivity contribution in [2.75, 3.05) is 26.7 Å². The van der Waals surface area contributed by atoms with E-state index in [0.717, 1.165) is 54.6 Å². The Bertz CT molecular complexity index is 774. The first-order valence-electron chi connectivity index (χ1n) is 11.2. The van der Waals surface area contributed by atoms with Crippen molar-refractivity contribution in [3.05, 3.63) is 36.1 Å². The third kappa shape index (κ3) is 5.40. The molecule has 158 valence electrons. The van der Waals surface area contributed by atoms with Gasteiger partial charge in [0.1, 0.15) is 17.2 Å². The van der Waals surface area contributed by atoms with Crippen LogP contribution in [0.2, 0.25) is 0 Å². The first kappa shape index (κ1) is 20.4. The zero-order valence-corrected chi connectivity index (χ0v) is 17.6. The molecule has 1 aromatic carbocycles. The smallest absolute Gasteiger partial charge is 0.140 e. The molecule has 2 heterocycles. The van der Waals surface area contributed by atoms with Gasteiger partial charge in [0.25, 0.3) is 0 Å². The molecule has 2 fully saturated rings. The van der Waals surface area contributed by atoms with Crippen molar-refractivity contribution in [2.45, 2.75) is 63.4 Å². The van der Waals surface area contributed by atoms with Gasteiger partial charge in [-0.05, 0) is 50.3 Å². The molecule has 4 rings (SSSR count). The molecule has 2 aromatic rings. The van der Waals surface area contributed by atoms with E-state index in [9.17, 15) is 5.11 Å². The van der Waals surface area contributed by atoms with E-state index in [2.05, 4.69) is 10.1 Å². The van der Waals surface area contributed by atoms with Gasteiger partial charge in [-0.15, -0.1) is 0 Å². The normalized spacial score (nSPS) is 20.2. The number of benzene rings is 1. The first-order valence-corrected chi connectivity index (χ1v) is 11.2. The Kier molecular flexibility index (Phi) is 6.56. The van der Waals surface area contributed by atoms with Crippen LogP contribution in [-0.2, 0) is 6.42 Å². The zero-order chi connectivity index (χ0) is 20.1. The molecule has 1 saturated heterocycles. The predicted molar refractivity (Wildman–Crippen MR) is 114 cm³/mol. The van der Waals surface area contributed by atoms with Crippen LogP contribution < -0.4 is 4.74 Å². The van der Waals surface area contributed by atoms with Gasteiger partial charge in [0.05, 0.1) is 12.7 Å². The highest BCUT2D eigenvalue weighted by atomic mass is 16.5. The number of aliphatic hydroxyl groups is 1. The minimum Gasteiger partial charge on any atom is -0.497 e. The summed E-state index contributed by atoms with van der Waals surface area (Å²) in [5, 5.41) is 15.3. The molecule has 1 aromatic heterocycles. The van der Waals surface area contributed by atoms with Gasteiger partial charge in [-0.3, -0.25) is 0 Å². The van der Waals surface area contributed by atoms with Crippen LogP contribution in [0.4, 0.5) is 0 Å². The molecule has 0 radical (unpaired) electrons. The van der Waals surface area contributed by atoms with E-state index in [1.165, 1.54) is 45.1 Å². The highest BCUT2D eigenvalue weighted by Gasteiger charge is 2.33. The number of hydrogen-bond acceptors (Lipinski definition) is 5. The van der Waals surface area contributed by atoms with Gasteiger partial charge in [-0.25, -0.2) is 0 Å². The van der Waals surface area contributed by atoms with E-state index in [4.69, 9.17) is 9.26 Å². The summed E-state index contributed by atoms with van der Waals surface area (Å²) in [4.78, 5) is 2.52. The van der Waals surface area contributed by atoms with Crippen molar-refractivity contribution < 1.29 is 14.4 Å². The Morgan fingerprint density at radius 1 is 1.21 bits per heavy atom. The Morgan fingerprint density at radius 2 is 2.00 bits per heavy atom. The maximum atomic E-state index is 11.1. The Labute approximate surface area is 174 Å². The van der Waals surface area contributed by atoms with Crippen molar-refractivity contribution in [1.82, 2.24) is 10.1 Å². The predicted octanol–water partition coefficient (Wildman–Crippen LogP) is 4.69. The van der Waals surface area contributed by atoms with Crippen molar-refractivity contribution in [3.63, 3.8) is 0 Å². The Hall–Kier alpha value is -1.85. The van der Waals surface area contributed by atoms with E-state index in [1.807, 2.05) is 30.3 Å². The first-order chi connectivity index (χ1) is 14.1. The lowest BCUT2D eigenvalue weighted by Crippen LogP contribution is -2.45. The molecule has 0 atom stereocenters. The summed E-state index contributed by atoms with van der Waals surface area (Å²) < 4.78 is 10.8. The summed E-state index contributed by atoms with van der Waals surface area (Å²) in [6.07, 6.45) is 10.5. The number of ether oxygens (including phenoxy) is 1. The van der Waals surface area contributed by atoms with E-state index in [0.29, 0.717) is 6.42 Å². The molecule has 5 heteroatoms. The SMILES string of the molecule is COc1cccc(-c2cc(CC3(O)CCN(CCCC4CCCC4)CC3)on2)c1. The average Bonchev–Trinajstić information content (AvgIpc) is 3.42. The van der Waals surface area contributed by atoms with E-state index in [1.54, 1.807) is 7.11 Å². The summed E-state index contributed by atoms with van der Waals surface area (Å²) in [5.41, 5.74) is 1.06. The van der Waals surface area contributed by atoms with Gasteiger partial charge in [0.2, 0.25) is 0 Å². The maximum Gasteiger partial charge on any atom is 0.140 e. The van der Waals surface area contributed by atoms with Gasteiger partial charge >= 0.3 is 0 Å². The number of aromatic nitrogens is 1. The molecule has 0 spiro atoms. The van der Waals surface area contributed by atoms with Crippen LogP contribution in [-0.4, -0.2) is 47.5 Å². The number of likely N-dealkylation sites (tertiary alicyclic amines) is 1. The summed E-state index contributed by atoms with van der Waals surface area (Å²) in [6, 6.07) is 9.73. The number of rotatable bonds is 8. The molecule has 0 amide bonds. The Balaban J connectivity index is 1.26. The second-order valence-electron chi connectivity index (χ2n) is 8.95. The van der Waals surface area contributed by atoms with Crippen molar-refractivity contribution in [3.8, 4) is 17.0 Å². The van der Waals surface area contributed by atoms with Crippen LogP contribution in [0.3, 0.4) is 0 Å². The number of piperidine rings is 1. The fourth-order valence-electron chi connectivity index (χ4n) is 4.91. The largest absolute Gasteiger partial charge is 0.497 e. The average molecular weight is 399 g/mol. The quantitative estimate of drug-likeness (QED) is 0.699. The molecule has 1 aliphatic heterocycles. The van der Waals surface area contributed by atoms with Crippen LogP contribution in [0.15, 0.2) is 34.9 Å². The topological polar surface area (TPSA) is 58.7 Å². The molecule has 29 heavy (non-hydrogen) atoms. The van der Waals surface area contributed by atoms with Crippen LogP contribution in [0.5, 0.6) is 5.75 Å². The van der Waals surface area contributed by atoms with E-state index < -0.39 is 5.60 Å². The van der Waals surface area contributed by atoms with Crippen molar-refractivity contribution >= 4 is 0 Å². The number of hydrogen-bond donors (Lipinski definition) is 1. The lowest BCUT2D eigenvalue weighted by Gasteiger charge is -2.37. The van der Waals surface area contributed by atoms with Crippen molar-refractivity contribution in [1.29, 1.82) is 0 Å². The second kappa shape index (κ2) is 9.31. The molecule has 1 aliphatic carbocycles. The summed E-state index contributed by atoms with van der Waals surface area (Å²) >= 11 is 0. The zero-order valence-electron chi connectivity index (χ0n) is 17.6. The van der Waals surface area contributed by atoms with E-state index in [-0.39, 0.29) is 0 Å². The molecular formula is C24H34N2O3. The van der Waals surface area contributed by atoms with Crippen molar-refractivity contribution in [2.24, 2.45) is 5.92 Å². The monoisotopic (exact) mass is 398 g/mol. The highest BCUT2D eigenvalue weighted by Crippen LogP contribution is 2.31. The van der Waals surface area contributed by atoms with Gasteiger partial charge in [-0.1, -0.05) is 43.0 Å². The van der Waals surface area contributed by atoms with E-state index >= 15 is 0 Å². The van der Waals surface area contributed by atoms with Gasteiger partial charge in [0.15, 0.2) is 0 Å². The van der Waals surface area contributed by atoms with Gasteiger partial charge < -0.3 is 19.3 Å². The number of nitrogens with zero attached hydrogens (tertiary/aromatic N) is 2. The summed E-state index contributed by atoms with van der Waals surface area (Å²) in [7, 11) is 1.66. The lowest BCUT2D eigenvalue weighted by molar-refractivity contribution is -0.0251.